The summed E-state index contributed by atoms with van der Waals surface area (Å²) in [5.74, 6) is 4.22. The van der Waals surface area contributed by atoms with Crippen molar-refractivity contribution in [1.29, 1.82) is 0 Å². The summed E-state index contributed by atoms with van der Waals surface area (Å²) in [5, 5.41) is 3.63. The highest BCUT2D eigenvalue weighted by Gasteiger charge is 2.50. The summed E-state index contributed by atoms with van der Waals surface area (Å²) in [6.45, 7) is 3.06. The smallest absolute Gasteiger partial charge is 0.127 e. The summed E-state index contributed by atoms with van der Waals surface area (Å²) in [6.07, 6.45) is 7.06. The zero-order valence-corrected chi connectivity index (χ0v) is 12.9. The average Bonchev–Trinajstić information content (AvgIpc) is 2.46. The number of rotatable bonds is 4. The molecule has 0 amide bonds. The Morgan fingerprint density at radius 3 is 2.24 bits per heavy atom. The lowest BCUT2D eigenvalue weighted by molar-refractivity contribution is -0.0527. The third-order valence-electron chi connectivity index (χ3n) is 6.35. The molecule has 0 saturated heterocycles. The molecule has 1 aromatic rings. The molecule has 21 heavy (non-hydrogen) atoms. The topological polar surface area (TPSA) is 12.0 Å². The molecule has 4 fully saturated rings. The first-order valence-corrected chi connectivity index (χ1v) is 8.74. The van der Waals surface area contributed by atoms with Gasteiger partial charge < -0.3 is 5.32 Å². The molecule has 4 bridgehead atoms. The van der Waals surface area contributed by atoms with Crippen molar-refractivity contribution < 1.29 is 4.39 Å². The van der Waals surface area contributed by atoms with E-state index < -0.39 is 0 Å². The highest BCUT2D eigenvalue weighted by atomic mass is 19.1. The Balaban J connectivity index is 1.67. The standard InChI is InChI=1S/C19H26FN/c1-2-21-19(16-5-3-4-6-17(16)20)18-14-8-12-7-13(10-14)11-15(18)9-12/h3-6,12-15,18-19,21H,2,7-11H2,1H3. The molecule has 0 radical (unpaired) electrons. The number of nitrogens with one attached hydrogen (secondary N) is 1. The summed E-state index contributed by atoms with van der Waals surface area (Å²) in [7, 11) is 0. The van der Waals surface area contributed by atoms with Gasteiger partial charge in [-0.15, -0.1) is 0 Å². The van der Waals surface area contributed by atoms with Crippen LogP contribution in [0.2, 0.25) is 0 Å². The lowest BCUT2D eigenvalue weighted by Crippen LogP contribution is -2.49. The fourth-order valence-electron chi connectivity index (χ4n) is 5.91. The van der Waals surface area contributed by atoms with Crippen molar-refractivity contribution in [3.63, 3.8) is 0 Å². The SMILES string of the molecule is CCNC(c1ccccc1F)C1C2CC3CC(C2)CC1C3. The Morgan fingerprint density at radius 2 is 1.67 bits per heavy atom. The molecule has 4 aliphatic carbocycles. The largest absolute Gasteiger partial charge is 0.310 e. The van der Waals surface area contributed by atoms with Gasteiger partial charge in [-0.1, -0.05) is 25.1 Å². The van der Waals surface area contributed by atoms with Gasteiger partial charge in [-0.3, -0.25) is 0 Å². The van der Waals surface area contributed by atoms with E-state index in [2.05, 4.69) is 12.2 Å². The van der Waals surface area contributed by atoms with E-state index in [1.807, 2.05) is 12.1 Å². The molecular formula is C19H26FN. The summed E-state index contributed by atoms with van der Waals surface area (Å²) in [6, 6.07) is 7.62. The van der Waals surface area contributed by atoms with Crippen molar-refractivity contribution >= 4 is 0 Å². The molecule has 0 aliphatic heterocycles. The number of hydrogen-bond donors (Lipinski definition) is 1. The van der Waals surface area contributed by atoms with Crippen LogP contribution in [0.4, 0.5) is 4.39 Å². The van der Waals surface area contributed by atoms with Crippen LogP contribution in [0.15, 0.2) is 24.3 Å². The van der Waals surface area contributed by atoms with E-state index >= 15 is 0 Å². The molecule has 4 aliphatic rings. The Labute approximate surface area is 127 Å². The van der Waals surface area contributed by atoms with Gasteiger partial charge in [0.1, 0.15) is 5.82 Å². The maximum atomic E-state index is 14.3. The predicted molar refractivity (Wildman–Crippen MR) is 83.4 cm³/mol. The Morgan fingerprint density at radius 1 is 1.05 bits per heavy atom. The second-order valence-corrected chi connectivity index (χ2v) is 7.56. The minimum absolute atomic E-state index is 0.0303. The van der Waals surface area contributed by atoms with Crippen LogP contribution < -0.4 is 5.32 Å². The molecule has 4 saturated carbocycles. The molecule has 1 nitrogen and oxygen atoms in total. The maximum Gasteiger partial charge on any atom is 0.127 e. The van der Waals surface area contributed by atoms with Crippen molar-refractivity contribution in [3.05, 3.63) is 35.6 Å². The van der Waals surface area contributed by atoms with Gasteiger partial charge in [0.15, 0.2) is 0 Å². The highest BCUT2D eigenvalue weighted by molar-refractivity contribution is 5.23. The number of benzene rings is 1. The van der Waals surface area contributed by atoms with E-state index in [1.165, 1.54) is 32.1 Å². The van der Waals surface area contributed by atoms with Crippen molar-refractivity contribution in [3.8, 4) is 0 Å². The molecular weight excluding hydrogens is 261 g/mol. The third-order valence-corrected chi connectivity index (χ3v) is 6.35. The summed E-state index contributed by atoms with van der Waals surface area (Å²) < 4.78 is 14.3. The van der Waals surface area contributed by atoms with Crippen LogP contribution in [0.25, 0.3) is 0 Å². The third kappa shape index (κ3) is 2.32. The summed E-state index contributed by atoms with van der Waals surface area (Å²) >= 11 is 0. The van der Waals surface area contributed by atoms with Gasteiger partial charge in [-0.25, -0.2) is 4.39 Å². The van der Waals surface area contributed by atoms with Crippen LogP contribution >= 0.6 is 0 Å². The van der Waals surface area contributed by atoms with Crippen LogP contribution in [0, 0.1) is 35.4 Å². The van der Waals surface area contributed by atoms with E-state index in [0.29, 0.717) is 5.92 Å². The molecule has 0 heterocycles. The zero-order chi connectivity index (χ0) is 14.4. The minimum Gasteiger partial charge on any atom is -0.310 e. The lowest BCUT2D eigenvalue weighted by Gasteiger charge is -2.56. The summed E-state index contributed by atoms with van der Waals surface area (Å²) in [5.41, 5.74) is 0.900. The molecule has 1 atom stereocenters. The quantitative estimate of drug-likeness (QED) is 0.856. The molecule has 114 valence electrons. The van der Waals surface area contributed by atoms with Gasteiger partial charge in [-0.2, -0.15) is 0 Å². The minimum atomic E-state index is -0.0303. The Kier molecular flexibility index (Phi) is 3.53. The molecule has 0 spiro atoms. The second kappa shape index (κ2) is 5.39. The molecule has 1 aromatic carbocycles. The van der Waals surface area contributed by atoms with Crippen molar-refractivity contribution in [2.45, 2.75) is 45.1 Å². The lowest BCUT2D eigenvalue weighted by atomic mass is 9.50. The first-order chi connectivity index (χ1) is 10.3. The first-order valence-electron chi connectivity index (χ1n) is 8.74. The monoisotopic (exact) mass is 287 g/mol. The Bertz CT molecular complexity index is 484. The molecule has 5 rings (SSSR count). The van der Waals surface area contributed by atoms with Crippen molar-refractivity contribution in [2.75, 3.05) is 6.54 Å². The molecule has 2 heteroatoms. The van der Waals surface area contributed by atoms with Gasteiger partial charge >= 0.3 is 0 Å². The predicted octanol–water partition coefficient (Wildman–Crippen LogP) is 4.55. The van der Waals surface area contributed by atoms with E-state index in [9.17, 15) is 4.39 Å². The van der Waals surface area contributed by atoms with Gasteiger partial charge in [0.05, 0.1) is 0 Å². The van der Waals surface area contributed by atoms with Crippen molar-refractivity contribution in [1.82, 2.24) is 5.32 Å². The van der Waals surface area contributed by atoms with E-state index in [1.54, 1.807) is 12.1 Å². The van der Waals surface area contributed by atoms with Crippen LogP contribution in [-0.2, 0) is 0 Å². The Hall–Kier alpha value is -0.890. The van der Waals surface area contributed by atoms with Gasteiger partial charge in [0.2, 0.25) is 0 Å². The van der Waals surface area contributed by atoms with Gasteiger partial charge in [0, 0.05) is 11.6 Å². The van der Waals surface area contributed by atoms with Gasteiger partial charge in [0.25, 0.3) is 0 Å². The number of halogens is 1. The maximum absolute atomic E-state index is 14.3. The normalized spacial score (nSPS) is 38.7. The van der Waals surface area contributed by atoms with Gasteiger partial charge in [-0.05, 0) is 74.3 Å². The molecule has 0 aromatic heterocycles. The van der Waals surface area contributed by atoms with E-state index in [4.69, 9.17) is 0 Å². The average molecular weight is 287 g/mol. The fourth-order valence-corrected chi connectivity index (χ4v) is 5.91. The molecule has 1 unspecified atom stereocenters. The molecule has 1 N–H and O–H groups in total. The first kappa shape index (κ1) is 13.8. The highest BCUT2D eigenvalue weighted by Crippen LogP contribution is 2.59. The fraction of sp³-hybridized carbons (Fsp3) is 0.684. The van der Waals surface area contributed by atoms with Crippen LogP contribution in [0.3, 0.4) is 0 Å². The summed E-state index contributed by atoms with van der Waals surface area (Å²) in [4.78, 5) is 0. The van der Waals surface area contributed by atoms with E-state index in [-0.39, 0.29) is 11.9 Å². The van der Waals surface area contributed by atoms with Crippen molar-refractivity contribution in [2.24, 2.45) is 29.6 Å². The van der Waals surface area contributed by atoms with Crippen LogP contribution in [0.5, 0.6) is 0 Å². The van der Waals surface area contributed by atoms with Crippen LogP contribution in [0.1, 0.15) is 50.6 Å². The van der Waals surface area contributed by atoms with E-state index in [0.717, 1.165) is 35.8 Å². The zero-order valence-electron chi connectivity index (χ0n) is 12.9. The van der Waals surface area contributed by atoms with Crippen LogP contribution in [-0.4, -0.2) is 6.54 Å². The number of hydrogen-bond acceptors (Lipinski definition) is 1. The second-order valence-electron chi connectivity index (χ2n) is 7.56.